The predicted molar refractivity (Wildman–Crippen MR) is 69.9 cm³/mol. The van der Waals surface area contributed by atoms with Crippen molar-refractivity contribution in [3.63, 3.8) is 0 Å². The average molecular weight is 237 g/mol. The summed E-state index contributed by atoms with van der Waals surface area (Å²) in [4.78, 5) is 0. The average Bonchev–Trinajstić information content (AvgIpc) is 2.32. The van der Waals surface area contributed by atoms with Crippen molar-refractivity contribution < 1.29 is 9.47 Å². The van der Waals surface area contributed by atoms with Gasteiger partial charge >= 0.3 is 0 Å². The second kappa shape index (κ2) is 6.15. The quantitative estimate of drug-likeness (QED) is 0.773. The van der Waals surface area contributed by atoms with E-state index >= 15 is 0 Å². The van der Waals surface area contributed by atoms with E-state index in [0.29, 0.717) is 19.8 Å². The third kappa shape index (κ3) is 3.06. The number of ether oxygens (including phenoxy) is 2. The van der Waals surface area contributed by atoms with Crippen LogP contribution >= 0.6 is 0 Å². The summed E-state index contributed by atoms with van der Waals surface area (Å²) in [6.45, 7) is 9.48. The zero-order valence-electron chi connectivity index (χ0n) is 11.2. The Kier molecular flexibility index (Phi) is 5.12. The predicted octanol–water partition coefficient (Wildman–Crippen LogP) is 2.49. The smallest absolute Gasteiger partial charge is 0.207 e. The Hall–Kier alpha value is -0.900. The lowest BCUT2D eigenvalue weighted by atomic mass is 9.97. The summed E-state index contributed by atoms with van der Waals surface area (Å²) in [6, 6.07) is 6.25. The third-order valence-corrected chi connectivity index (χ3v) is 2.83. The van der Waals surface area contributed by atoms with Gasteiger partial charge in [0.1, 0.15) is 0 Å². The van der Waals surface area contributed by atoms with Gasteiger partial charge in [0.2, 0.25) is 5.79 Å². The van der Waals surface area contributed by atoms with Crippen LogP contribution in [0.15, 0.2) is 18.2 Å². The van der Waals surface area contributed by atoms with Crippen LogP contribution < -0.4 is 5.73 Å². The van der Waals surface area contributed by atoms with E-state index in [9.17, 15) is 0 Å². The molecule has 0 unspecified atom stereocenters. The number of hydrogen-bond donors (Lipinski definition) is 1. The first-order chi connectivity index (χ1) is 8.09. The molecular weight excluding hydrogens is 214 g/mol. The van der Waals surface area contributed by atoms with Gasteiger partial charge in [-0.3, -0.25) is 0 Å². The first-order valence-electron chi connectivity index (χ1n) is 6.15. The lowest BCUT2D eigenvalue weighted by molar-refractivity contribution is -0.235. The molecule has 2 N–H and O–H groups in total. The van der Waals surface area contributed by atoms with Crippen molar-refractivity contribution >= 4 is 0 Å². The minimum absolute atomic E-state index is 0.318. The minimum atomic E-state index is -0.806. The second-order valence-corrected chi connectivity index (χ2v) is 4.14. The van der Waals surface area contributed by atoms with Gasteiger partial charge in [0.05, 0.1) is 6.54 Å². The molecule has 0 saturated carbocycles. The first kappa shape index (κ1) is 14.2. The molecule has 0 aromatic heterocycles. The molecule has 0 aliphatic rings. The number of aryl methyl sites for hydroxylation is 2. The lowest BCUT2D eigenvalue weighted by Gasteiger charge is -2.33. The van der Waals surface area contributed by atoms with E-state index in [1.165, 1.54) is 5.56 Å². The Labute approximate surface area is 104 Å². The first-order valence-corrected chi connectivity index (χ1v) is 6.15. The summed E-state index contributed by atoms with van der Waals surface area (Å²) >= 11 is 0. The molecule has 0 atom stereocenters. The number of hydrogen-bond acceptors (Lipinski definition) is 3. The number of benzene rings is 1. The second-order valence-electron chi connectivity index (χ2n) is 4.14. The van der Waals surface area contributed by atoms with E-state index in [2.05, 4.69) is 32.0 Å². The molecule has 0 spiro atoms. The highest BCUT2D eigenvalue weighted by Crippen LogP contribution is 2.30. The molecule has 96 valence electrons. The molecule has 0 fully saturated rings. The molecule has 0 radical (unpaired) electrons. The molecule has 0 heterocycles. The van der Waals surface area contributed by atoms with Crippen LogP contribution in [0.2, 0.25) is 0 Å². The molecule has 0 aliphatic carbocycles. The summed E-state index contributed by atoms with van der Waals surface area (Å²) in [5.41, 5.74) is 9.24. The maximum atomic E-state index is 5.88. The molecule has 1 aromatic carbocycles. The molecule has 0 amide bonds. The van der Waals surface area contributed by atoms with Gasteiger partial charge in [-0.1, -0.05) is 23.8 Å². The topological polar surface area (TPSA) is 44.5 Å². The van der Waals surface area contributed by atoms with Gasteiger partial charge in [-0.15, -0.1) is 0 Å². The van der Waals surface area contributed by atoms with Gasteiger partial charge in [-0.2, -0.15) is 0 Å². The molecular formula is C14H23NO2. The van der Waals surface area contributed by atoms with Crippen LogP contribution in [-0.2, 0) is 15.3 Å². The monoisotopic (exact) mass is 237 g/mol. The van der Waals surface area contributed by atoms with Gasteiger partial charge in [0.25, 0.3) is 0 Å². The Morgan fingerprint density at radius 2 is 1.71 bits per heavy atom. The molecule has 17 heavy (non-hydrogen) atoms. The van der Waals surface area contributed by atoms with Crippen molar-refractivity contribution in [3.05, 3.63) is 34.9 Å². The Morgan fingerprint density at radius 3 is 2.18 bits per heavy atom. The largest absolute Gasteiger partial charge is 0.345 e. The minimum Gasteiger partial charge on any atom is -0.345 e. The highest BCUT2D eigenvalue weighted by Gasteiger charge is 2.33. The van der Waals surface area contributed by atoms with E-state index < -0.39 is 5.79 Å². The lowest BCUT2D eigenvalue weighted by Crippen LogP contribution is -2.41. The van der Waals surface area contributed by atoms with Crippen LogP contribution in [0.1, 0.15) is 30.5 Å². The van der Waals surface area contributed by atoms with Crippen LogP contribution in [0.4, 0.5) is 0 Å². The van der Waals surface area contributed by atoms with Crippen molar-refractivity contribution in [3.8, 4) is 0 Å². The van der Waals surface area contributed by atoms with Crippen LogP contribution in [0.5, 0.6) is 0 Å². The van der Waals surface area contributed by atoms with E-state index in [4.69, 9.17) is 15.2 Å². The standard InChI is InChI=1S/C14H23NO2/c1-5-16-14(10-15,17-6-2)13-9-11(3)7-8-12(13)4/h7-9H,5-6,10,15H2,1-4H3. The highest BCUT2D eigenvalue weighted by molar-refractivity contribution is 5.34. The summed E-state index contributed by atoms with van der Waals surface area (Å²) < 4.78 is 11.6. The molecule has 1 aromatic rings. The summed E-state index contributed by atoms with van der Waals surface area (Å²) in [5, 5.41) is 0. The molecule has 3 heteroatoms. The van der Waals surface area contributed by atoms with E-state index in [-0.39, 0.29) is 0 Å². The molecule has 0 saturated heterocycles. The maximum absolute atomic E-state index is 5.88. The summed E-state index contributed by atoms with van der Waals surface area (Å²) in [5.74, 6) is -0.806. The van der Waals surface area contributed by atoms with Gasteiger partial charge in [0, 0.05) is 18.8 Å². The molecule has 0 bridgehead atoms. The van der Waals surface area contributed by atoms with Crippen molar-refractivity contribution in [2.75, 3.05) is 19.8 Å². The SMILES string of the molecule is CCOC(CN)(OCC)c1cc(C)ccc1C. The van der Waals surface area contributed by atoms with Crippen molar-refractivity contribution in [2.24, 2.45) is 5.73 Å². The fraction of sp³-hybridized carbons (Fsp3) is 0.571. The summed E-state index contributed by atoms with van der Waals surface area (Å²) in [7, 11) is 0. The zero-order chi connectivity index (χ0) is 12.9. The van der Waals surface area contributed by atoms with E-state index in [1.54, 1.807) is 0 Å². The van der Waals surface area contributed by atoms with Gasteiger partial charge < -0.3 is 15.2 Å². The fourth-order valence-electron chi connectivity index (χ4n) is 2.04. The summed E-state index contributed by atoms with van der Waals surface area (Å²) in [6.07, 6.45) is 0. The molecule has 1 rings (SSSR count). The van der Waals surface area contributed by atoms with Gasteiger partial charge in [-0.25, -0.2) is 0 Å². The van der Waals surface area contributed by atoms with Crippen molar-refractivity contribution in [1.82, 2.24) is 0 Å². The van der Waals surface area contributed by atoms with Crippen LogP contribution in [0.3, 0.4) is 0 Å². The van der Waals surface area contributed by atoms with Crippen LogP contribution in [0.25, 0.3) is 0 Å². The van der Waals surface area contributed by atoms with Crippen LogP contribution in [0, 0.1) is 13.8 Å². The van der Waals surface area contributed by atoms with Crippen molar-refractivity contribution in [1.29, 1.82) is 0 Å². The van der Waals surface area contributed by atoms with Crippen molar-refractivity contribution in [2.45, 2.75) is 33.5 Å². The van der Waals surface area contributed by atoms with E-state index in [1.807, 2.05) is 13.8 Å². The zero-order valence-corrected chi connectivity index (χ0v) is 11.2. The normalized spacial score (nSPS) is 11.8. The Morgan fingerprint density at radius 1 is 1.12 bits per heavy atom. The Balaban J connectivity index is 3.23. The Bertz CT molecular complexity index is 357. The molecule has 3 nitrogen and oxygen atoms in total. The number of rotatable bonds is 6. The van der Waals surface area contributed by atoms with Crippen LogP contribution in [-0.4, -0.2) is 19.8 Å². The fourth-order valence-corrected chi connectivity index (χ4v) is 2.04. The third-order valence-electron chi connectivity index (χ3n) is 2.83. The van der Waals surface area contributed by atoms with Gasteiger partial charge in [0.15, 0.2) is 0 Å². The maximum Gasteiger partial charge on any atom is 0.207 e. The number of nitrogens with two attached hydrogens (primary N) is 1. The highest BCUT2D eigenvalue weighted by atomic mass is 16.7. The van der Waals surface area contributed by atoms with Gasteiger partial charge in [-0.05, 0) is 33.3 Å². The molecule has 0 aliphatic heterocycles. The van der Waals surface area contributed by atoms with E-state index in [0.717, 1.165) is 11.1 Å².